The molecule has 124 valence electrons. The molecule has 0 aromatic heterocycles. The summed E-state index contributed by atoms with van der Waals surface area (Å²) in [5.41, 5.74) is 2.26. The molecule has 2 aromatic carbocycles. The van der Waals surface area contributed by atoms with Crippen LogP contribution in [-0.2, 0) is 0 Å². The summed E-state index contributed by atoms with van der Waals surface area (Å²) in [5, 5.41) is 9.22. The highest BCUT2D eigenvalue weighted by Gasteiger charge is 2.14. The molecule has 5 heteroatoms. The molecule has 0 fully saturated rings. The molecule has 0 spiro atoms. The first-order chi connectivity index (χ1) is 11.7. The van der Waals surface area contributed by atoms with Gasteiger partial charge in [-0.15, -0.1) is 0 Å². The van der Waals surface area contributed by atoms with Crippen molar-refractivity contribution in [3.8, 4) is 29.1 Å². The third kappa shape index (κ3) is 3.61. The maximum absolute atomic E-state index is 9.22. The average Bonchev–Trinajstić information content (AvgIpc) is 2.65. The lowest BCUT2D eigenvalue weighted by Gasteiger charge is -2.15. The van der Waals surface area contributed by atoms with E-state index in [0.717, 1.165) is 11.1 Å². The monoisotopic (exact) mass is 325 g/mol. The second-order valence-corrected chi connectivity index (χ2v) is 4.85. The molecule has 0 aliphatic carbocycles. The minimum atomic E-state index is 0.609. The van der Waals surface area contributed by atoms with E-state index in [1.54, 1.807) is 40.6 Å². The highest BCUT2D eigenvalue weighted by atomic mass is 16.5. The summed E-state index contributed by atoms with van der Waals surface area (Å²) in [7, 11) is 6.34. The van der Waals surface area contributed by atoms with Crippen LogP contribution >= 0.6 is 0 Å². The van der Waals surface area contributed by atoms with Gasteiger partial charge in [-0.1, -0.05) is 0 Å². The summed E-state index contributed by atoms with van der Waals surface area (Å²) in [5.74, 6) is 2.56. The molecule has 0 aliphatic rings. The lowest BCUT2D eigenvalue weighted by Crippen LogP contribution is -1.96. The number of nitriles is 1. The van der Waals surface area contributed by atoms with Gasteiger partial charge in [-0.05, 0) is 29.8 Å². The Morgan fingerprint density at radius 2 is 1.46 bits per heavy atom. The standard InChI is InChI=1S/C19H19NO4/c1-21-14-5-6-18(19(12-14)24-4)17(7-8-20)13-9-15(22-2)11-16(10-13)23-3/h5-7,9-12H,1-4H3/b17-7+. The molecule has 0 aliphatic heterocycles. The first-order valence-electron chi connectivity index (χ1n) is 7.22. The van der Waals surface area contributed by atoms with E-state index in [1.165, 1.54) is 6.08 Å². The zero-order chi connectivity index (χ0) is 17.5. The van der Waals surface area contributed by atoms with Crippen LogP contribution in [0.2, 0.25) is 0 Å². The summed E-state index contributed by atoms with van der Waals surface area (Å²) >= 11 is 0. The lowest BCUT2D eigenvalue weighted by atomic mass is 9.96. The number of rotatable bonds is 6. The van der Waals surface area contributed by atoms with Crippen LogP contribution in [0.4, 0.5) is 0 Å². The van der Waals surface area contributed by atoms with E-state index >= 15 is 0 Å². The number of ether oxygens (including phenoxy) is 4. The van der Waals surface area contributed by atoms with E-state index in [0.29, 0.717) is 28.6 Å². The first kappa shape index (κ1) is 17.2. The van der Waals surface area contributed by atoms with Gasteiger partial charge in [0, 0.05) is 29.3 Å². The Balaban J connectivity index is 2.64. The van der Waals surface area contributed by atoms with Crippen molar-refractivity contribution in [2.75, 3.05) is 28.4 Å². The molecule has 24 heavy (non-hydrogen) atoms. The van der Waals surface area contributed by atoms with Gasteiger partial charge in [-0.3, -0.25) is 0 Å². The van der Waals surface area contributed by atoms with Crippen molar-refractivity contribution in [1.82, 2.24) is 0 Å². The van der Waals surface area contributed by atoms with E-state index in [4.69, 9.17) is 18.9 Å². The molecule has 0 amide bonds. The molecule has 2 aromatic rings. The molecule has 0 radical (unpaired) electrons. The normalized spacial score (nSPS) is 10.7. The summed E-state index contributed by atoms with van der Waals surface area (Å²) in [6.45, 7) is 0. The number of allylic oxidation sites excluding steroid dienone is 1. The molecule has 5 nitrogen and oxygen atoms in total. The van der Waals surface area contributed by atoms with Crippen LogP contribution in [0.1, 0.15) is 11.1 Å². The van der Waals surface area contributed by atoms with Gasteiger partial charge in [0.2, 0.25) is 0 Å². The van der Waals surface area contributed by atoms with E-state index in [9.17, 15) is 5.26 Å². The molecule has 0 heterocycles. The zero-order valence-corrected chi connectivity index (χ0v) is 14.1. The van der Waals surface area contributed by atoms with Gasteiger partial charge >= 0.3 is 0 Å². The fourth-order valence-electron chi connectivity index (χ4n) is 2.37. The van der Waals surface area contributed by atoms with Gasteiger partial charge < -0.3 is 18.9 Å². The Morgan fingerprint density at radius 3 is 1.96 bits per heavy atom. The maximum Gasteiger partial charge on any atom is 0.130 e. The Hall–Kier alpha value is -3.13. The number of hydrogen-bond donors (Lipinski definition) is 0. The fourth-order valence-corrected chi connectivity index (χ4v) is 2.37. The zero-order valence-electron chi connectivity index (χ0n) is 14.1. The fraction of sp³-hybridized carbons (Fsp3) is 0.211. The predicted molar refractivity (Wildman–Crippen MR) is 91.8 cm³/mol. The van der Waals surface area contributed by atoms with Crippen molar-refractivity contribution < 1.29 is 18.9 Å². The van der Waals surface area contributed by atoms with Crippen molar-refractivity contribution in [1.29, 1.82) is 5.26 Å². The van der Waals surface area contributed by atoms with E-state index in [-0.39, 0.29) is 0 Å². The molecule has 0 unspecified atom stereocenters. The summed E-state index contributed by atoms with van der Waals surface area (Å²) in [6.07, 6.45) is 1.47. The van der Waals surface area contributed by atoms with Crippen LogP contribution in [0, 0.1) is 11.3 Å². The van der Waals surface area contributed by atoms with Gasteiger partial charge in [0.25, 0.3) is 0 Å². The number of nitrogens with zero attached hydrogens (tertiary/aromatic N) is 1. The van der Waals surface area contributed by atoms with Crippen LogP contribution < -0.4 is 18.9 Å². The van der Waals surface area contributed by atoms with E-state index < -0.39 is 0 Å². The minimum Gasteiger partial charge on any atom is -0.497 e. The topological polar surface area (TPSA) is 60.7 Å². The maximum atomic E-state index is 9.22. The number of hydrogen-bond acceptors (Lipinski definition) is 5. The summed E-state index contributed by atoms with van der Waals surface area (Å²) in [6, 6.07) is 13.0. The largest absolute Gasteiger partial charge is 0.497 e. The van der Waals surface area contributed by atoms with Crippen LogP contribution in [0.15, 0.2) is 42.5 Å². The highest BCUT2D eigenvalue weighted by Crippen LogP contribution is 2.36. The van der Waals surface area contributed by atoms with Crippen molar-refractivity contribution in [2.45, 2.75) is 0 Å². The Labute approximate surface area is 141 Å². The second-order valence-electron chi connectivity index (χ2n) is 4.85. The summed E-state index contributed by atoms with van der Waals surface area (Å²) < 4.78 is 21.3. The van der Waals surface area contributed by atoms with Crippen molar-refractivity contribution >= 4 is 5.57 Å². The minimum absolute atomic E-state index is 0.609. The van der Waals surface area contributed by atoms with E-state index in [2.05, 4.69) is 6.07 Å². The smallest absolute Gasteiger partial charge is 0.130 e. The number of methoxy groups -OCH3 is 4. The predicted octanol–water partition coefficient (Wildman–Crippen LogP) is 3.68. The second kappa shape index (κ2) is 7.93. The van der Waals surface area contributed by atoms with Crippen LogP contribution in [0.5, 0.6) is 23.0 Å². The molecule has 0 bridgehead atoms. The van der Waals surface area contributed by atoms with Gasteiger partial charge in [0.1, 0.15) is 23.0 Å². The lowest BCUT2D eigenvalue weighted by molar-refractivity contribution is 0.392. The van der Waals surface area contributed by atoms with Gasteiger partial charge in [-0.25, -0.2) is 0 Å². The molecule has 0 atom stereocenters. The van der Waals surface area contributed by atoms with E-state index in [1.807, 2.05) is 24.3 Å². The van der Waals surface area contributed by atoms with Crippen LogP contribution in [0.25, 0.3) is 5.57 Å². The average molecular weight is 325 g/mol. The highest BCUT2D eigenvalue weighted by molar-refractivity contribution is 5.85. The molecule has 0 saturated heterocycles. The van der Waals surface area contributed by atoms with Crippen molar-refractivity contribution in [3.63, 3.8) is 0 Å². The number of benzene rings is 2. The third-order valence-electron chi connectivity index (χ3n) is 3.57. The molecule has 0 N–H and O–H groups in total. The Bertz CT molecular complexity index is 768. The molecule has 2 rings (SSSR count). The third-order valence-corrected chi connectivity index (χ3v) is 3.57. The molecular formula is C19H19NO4. The van der Waals surface area contributed by atoms with Crippen molar-refractivity contribution in [2.24, 2.45) is 0 Å². The summed E-state index contributed by atoms with van der Waals surface area (Å²) in [4.78, 5) is 0. The first-order valence-corrected chi connectivity index (χ1v) is 7.22. The Morgan fingerprint density at radius 1 is 0.833 bits per heavy atom. The Kier molecular flexibility index (Phi) is 5.69. The molecule has 0 saturated carbocycles. The van der Waals surface area contributed by atoms with Gasteiger partial charge in [0.15, 0.2) is 0 Å². The molecular weight excluding hydrogens is 306 g/mol. The van der Waals surface area contributed by atoms with Crippen LogP contribution in [-0.4, -0.2) is 28.4 Å². The van der Waals surface area contributed by atoms with Gasteiger partial charge in [-0.2, -0.15) is 5.26 Å². The van der Waals surface area contributed by atoms with Crippen molar-refractivity contribution in [3.05, 3.63) is 53.6 Å². The SMILES string of the molecule is COc1cc(OC)cc(/C(=C\C#N)c2ccc(OC)cc2OC)c1. The van der Waals surface area contributed by atoms with Gasteiger partial charge in [0.05, 0.1) is 34.5 Å². The quantitative estimate of drug-likeness (QED) is 0.758. The van der Waals surface area contributed by atoms with Crippen LogP contribution in [0.3, 0.4) is 0 Å².